The van der Waals surface area contributed by atoms with Gasteiger partial charge in [0.2, 0.25) is 5.88 Å². The van der Waals surface area contributed by atoms with E-state index in [1.54, 1.807) is 23.1 Å². The molecule has 1 fully saturated rings. The number of halogens is 1. The fourth-order valence-electron chi connectivity index (χ4n) is 3.74. The van der Waals surface area contributed by atoms with E-state index in [2.05, 4.69) is 20.1 Å². The number of imidazole rings is 1. The summed E-state index contributed by atoms with van der Waals surface area (Å²) in [7, 11) is 3.00. The Balaban J connectivity index is 1.63. The SMILES string of the molecule is COc1ncc(-c2cc([C@H]3C[C@]3(F)c3ccccc3)c3nccn3n2)c(OC)n1. The second-order valence-electron chi connectivity index (χ2n) is 6.95. The summed E-state index contributed by atoms with van der Waals surface area (Å²) in [4.78, 5) is 12.8. The monoisotopic (exact) mass is 391 g/mol. The fraction of sp³-hybridized carbons (Fsp3) is 0.238. The van der Waals surface area contributed by atoms with Crippen LogP contribution in [0, 0.1) is 0 Å². The van der Waals surface area contributed by atoms with Crippen LogP contribution in [0.5, 0.6) is 11.9 Å². The third kappa shape index (κ3) is 2.79. The van der Waals surface area contributed by atoms with Gasteiger partial charge in [-0.25, -0.2) is 18.9 Å². The second-order valence-corrected chi connectivity index (χ2v) is 6.95. The van der Waals surface area contributed by atoms with Gasteiger partial charge in [0.25, 0.3) is 0 Å². The van der Waals surface area contributed by atoms with Crippen molar-refractivity contribution in [2.75, 3.05) is 14.2 Å². The molecule has 29 heavy (non-hydrogen) atoms. The molecule has 0 N–H and O–H groups in total. The molecule has 1 saturated carbocycles. The van der Waals surface area contributed by atoms with Gasteiger partial charge in [0, 0.05) is 30.1 Å². The molecule has 8 heteroatoms. The number of hydrogen-bond acceptors (Lipinski definition) is 6. The van der Waals surface area contributed by atoms with Crippen molar-refractivity contribution in [1.29, 1.82) is 0 Å². The van der Waals surface area contributed by atoms with E-state index in [1.165, 1.54) is 14.2 Å². The Labute approximate surface area is 166 Å². The maximum Gasteiger partial charge on any atom is 0.319 e. The van der Waals surface area contributed by atoms with Crippen molar-refractivity contribution >= 4 is 5.65 Å². The van der Waals surface area contributed by atoms with Gasteiger partial charge in [-0.3, -0.25) is 0 Å². The summed E-state index contributed by atoms with van der Waals surface area (Å²) in [6, 6.07) is 11.3. The molecule has 0 aliphatic heterocycles. The molecule has 4 aromatic rings. The highest BCUT2D eigenvalue weighted by atomic mass is 19.1. The third-order valence-corrected chi connectivity index (χ3v) is 5.29. The van der Waals surface area contributed by atoms with Crippen LogP contribution in [0.15, 0.2) is 55.0 Å². The van der Waals surface area contributed by atoms with E-state index in [1.807, 2.05) is 36.4 Å². The summed E-state index contributed by atoms with van der Waals surface area (Å²) in [6.07, 6.45) is 5.39. The van der Waals surface area contributed by atoms with Gasteiger partial charge < -0.3 is 9.47 Å². The zero-order chi connectivity index (χ0) is 20.0. The number of benzene rings is 1. The molecule has 5 rings (SSSR count). The van der Waals surface area contributed by atoms with Crippen molar-refractivity contribution < 1.29 is 13.9 Å². The first kappa shape index (κ1) is 17.5. The van der Waals surface area contributed by atoms with Gasteiger partial charge in [0.1, 0.15) is 5.67 Å². The summed E-state index contributed by atoms with van der Waals surface area (Å²) >= 11 is 0. The van der Waals surface area contributed by atoms with Crippen molar-refractivity contribution in [2.24, 2.45) is 0 Å². The Bertz CT molecular complexity index is 1200. The predicted octanol–water partition coefficient (Wildman–Crippen LogP) is 3.56. The zero-order valence-electron chi connectivity index (χ0n) is 15.9. The minimum absolute atomic E-state index is 0.198. The normalized spacial score (nSPS) is 20.6. The molecule has 0 amide bonds. The van der Waals surface area contributed by atoms with Crippen molar-refractivity contribution in [2.45, 2.75) is 18.0 Å². The Morgan fingerprint density at radius 1 is 1.14 bits per heavy atom. The van der Waals surface area contributed by atoms with Gasteiger partial charge >= 0.3 is 6.01 Å². The molecule has 0 bridgehead atoms. The van der Waals surface area contributed by atoms with Gasteiger partial charge in [-0.15, -0.1) is 0 Å². The molecule has 1 aliphatic carbocycles. The van der Waals surface area contributed by atoms with Crippen LogP contribution in [0.1, 0.15) is 23.5 Å². The highest BCUT2D eigenvalue weighted by Crippen LogP contribution is 2.62. The fourth-order valence-corrected chi connectivity index (χ4v) is 3.74. The Morgan fingerprint density at radius 3 is 2.72 bits per heavy atom. The largest absolute Gasteiger partial charge is 0.480 e. The summed E-state index contributed by atoms with van der Waals surface area (Å²) < 4.78 is 27.8. The first-order valence-electron chi connectivity index (χ1n) is 9.18. The molecule has 1 aliphatic rings. The van der Waals surface area contributed by atoms with Crippen molar-refractivity contribution in [1.82, 2.24) is 24.6 Å². The minimum Gasteiger partial charge on any atom is -0.480 e. The molecule has 0 spiro atoms. The molecule has 0 radical (unpaired) electrons. The number of alkyl halides is 1. The number of fused-ring (bicyclic) bond motifs is 1. The third-order valence-electron chi connectivity index (χ3n) is 5.29. The molecule has 146 valence electrons. The standard InChI is InChI=1S/C21H18FN5O2/c1-28-19-15(12-24-20(25-19)29-2)17-10-14(18-23-8-9-27(18)26-17)16-11-21(16,22)13-6-4-3-5-7-13/h3-10,12,16H,11H2,1-2H3/t16-,21+/m1/s1. The number of aromatic nitrogens is 5. The lowest BCUT2D eigenvalue weighted by molar-refractivity contribution is 0.306. The van der Waals surface area contributed by atoms with Crippen LogP contribution in [0.3, 0.4) is 0 Å². The van der Waals surface area contributed by atoms with Crippen molar-refractivity contribution in [3.8, 4) is 23.1 Å². The van der Waals surface area contributed by atoms with E-state index in [4.69, 9.17) is 9.47 Å². The lowest BCUT2D eigenvalue weighted by Crippen LogP contribution is -2.05. The van der Waals surface area contributed by atoms with E-state index in [0.717, 1.165) is 5.56 Å². The quantitative estimate of drug-likeness (QED) is 0.518. The lowest BCUT2D eigenvalue weighted by Gasteiger charge is -2.12. The second kappa shape index (κ2) is 6.51. The Morgan fingerprint density at radius 2 is 1.97 bits per heavy atom. The average Bonchev–Trinajstić information content (AvgIpc) is 3.24. The first-order chi connectivity index (χ1) is 14.1. The van der Waals surface area contributed by atoms with Gasteiger partial charge in [-0.1, -0.05) is 30.3 Å². The van der Waals surface area contributed by atoms with Crippen LogP contribution in [-0.2, 0) is 5.67 Å². The van der Waals surface area contributed by atoms with E-state index in [9.17, 15) is 0 Å². The van der Waals surface area contributed by atoms with E-state index >= 15 is 4.39 Å². The predicted molar refractivity (Wildman–Crippen MR) is 104 cm³/mol. The summed E-state index contributed by atoms with van der Waals surface area (Å²) in [5.74, 6) is 0.0295. The van der Waals surface area contributed by atoms with E-state index in [0.29, 0.717) is 34.8 Å². The van der Waals surface area contributed by atoms with Crippen LogP contribution >= 0.6 is 0 Å². The number of methoxy groups -OCH3 is 2. The van der Waals surface area contributed by atoms with Crippen LogP contribution in [0.4, 0.5) is 4.39 Å². The van der Waals surface area contributed by atoms with Crippen molar-refractivity contribution in [3.63, 3.8) is 0 Å². The van der Waals surface area contributed by atoms with Crippen LogP contribution < -0.4 is 9.47 Å². The molecule has 1 aromatic carbocycles. The Hall–Kier alpha value is -3.55. The topological polar surface area (TPSA) is 74.4 Å². The molecule has 0 saturated heterocycles. The number of rotatable bonds is 5. The molecule has 2 atom stereocenters. The summed E-state index contributed by atoms with van der Waals surface area (Å²) in [5.41, 5.74) is 1.87. The maximum absolute atomic E-state index is 15.7. The Kier molecular flexibility index (Phi) is 3.94. The molecule has 3 heterocycles. The summed E-state index contributed by atoms with van der Waals surface area (Å²) in [5, 5.41) is 4.59. The zero-order valence-corrected chi connectivity index (χ0v) is 15.9. The van der Waals surface area contributed by atoms with Crippen LogP contribution in [0.25, 0.3) is 16.9 Å². The lowest BCUT2D eigenvalue weighted by atomic mass is 10.0. The maximum atomic E-state index is 15.7. The number of ether oxygens (including phenoxy) is 2. The van der Waals surface area contributed by atoms with Gasteiger partial charge in [-0.05, 0) is 18.1 Å². The average molecular weight is 391 g/mol. The van der Waals surface area contributed by atoms with E-state index < -0.39 is 5.67 Å². The van der Waals surface area contributed by atoms with Gasteiger partial charge in [-0.2, -0.15) is 10.1 Å². The van der Waals surface area contributed by atoms with Gasteiger partial charge in [0.05, 0.1) is 25.5 Å². The molecule has 3 aromatic heterocycles. The van der Waals surface area contributed by atoms with Crippen molar-refractivity contribution in [3.05, 3.63) is 66.1 Å². The molecular formula is C21H18FN5O2. The minimum atomic E-state index is -1.41. The van der Waals surface area contributed by atoms with Gasteiger partial charge in [0.15, 0.2) is 5.65 Å². The van der Waals surface area contributed by atoms with E-state index in [-0.39, 0.29) is 11.9 Å². The highest BCUT2D eigenvalue weighted by molar-refractivity contribution is 5.68. The number of nitrogens with zero attached hydrogens (tertiary/aromatic N) is 5. The molecule has 7 nitrogen and oxygen atoms in total. The van der Waals surface area contributed by atoms with Crippen LogP contribution in [0.2, 0.25) is 0 Å². The smallest absolute Gasteiger partial charge is 0.319 e. The highest BCUT2D eigenvalue weighted by Gasteiger charge is 2.58. The molecule has 0 unspecified atom stereocenters. The van der Waals surface area contributed by atoms with Crippen LogP contribution in [-0.4, -0.2) is 38.8 Å². The summed E-state index contributed by atoms with van der Waals surface area (Å²) in [6.45, 7) is 0. The molecular weight excluding hydrogens is 373 g/mol. The first-order valence-corrected chi connectivity index (χ1v) is 9.18. The number of hydrogen-bond donors (Lipinski definition) is 0.